The summed E-state index contributed by atoms with van der Waals surface area (Å²) in [6, 6.07) is 7.00. The van der Waals surface area contributed by atoms with E-state index in [2.05, 4.69) is 0 Å². The fourth-order valence-electron chi connectivity index (χ4n) is 1.35. The van der Waals surface area contributed by atoms with Gasteiger partial charge in [0.15, 0.2) is 0 Å². The van der Waals surface area contributed by atoms with Gasteiger partial charge >= 0.3 is 0 Å². The lowest BCUT2D eigenvalue weighted by Crippen LogP contribution is -2.27. The highest BCUT2D eigenvalue weighted by Gasteiger charge is 2.08. The number of carbonyl (C=O) groups excluding carboxylic acids is 2. The van der Waals surface area contributed by atoms with Crippen LogP contribution >= 0.6 is 0 Å². The van der Waals surface area contributed by atoms with Crippen LogP contribution in [0.25, 0.3) is 0 Å². The van der Waals surface area contributed by atoms with Crippen LogP contribution in [0.5, 0.6) is 0 Å². The zero-order chi connectivity index (χ0) is 10.6. The Morgan fingerprint density at radius 2 is 2.21 bits per heavy atom. The molecule has 0 fully saturated rings. The molecule has 14 heavy (non-hydrogen) atoms. The lowest BCUT2D eigenvalue weighted by molar-refractivity contribution is -0.116. The Labute approximate surface area is 83.3 Å². The van der Waals surface area contributed by atoms with Gasteiger partial charge in [0.2, 0.25) is 5.91 Å². The molecule has 0 N–H and O–H groups in total. The molecule has 0 aliphatic heterocycles. The van der Waals surface area contributed by atoms with Crippen LogP contribution in [0.15, 0.2) is 24.3 Å². The number of nitrogens with zero attached hydrogens (tertiary/aromatic N) is 1. The molecule has 3 nitrogen and oxygen atoms in total. The predicted octanol–water partition coefficient (Wildman–Crippen LogP) is 1.87. The topological polar surface area (TPSA) is 37.4 Å². The Balaban J connectivity index is 3.03. The van der Waals surface area contributed by atoms with Crippen LogP contribution in [0.1, 0.15) is 24.2 Å². The maximum atomic E-state index is 11.2. The molecule has 0 spiro atoms. The van der Waals surface area contributed by atoms with Gasteiger partial charge in [-0.2, -0.15) is 0 Å². The van der Waals surface area contributed by atoms with Gasteiger partial charge in [-0.15, -0.1) is 0 Å². The number of carbonyl (C=O) groups is 2. The third kappa shape index (κ3) is 2.19. The van der Waals surface area contributed by atoms with Crippen LogP contribution in [-0.4, -0.2) is 18.7 Å². The van der Waals surface area contributed by atoms with Gasteiger partial charge in [0, 0.05) is 24.7 Å². The first-order valence-corrected chi connectivity index (χ1v) is 4.52. The number of aldehydes is 1. The van der Waals surface area contributed by atoms with Gasteiger partial charge in [-0.25, -0.2) is 0 Å². The van der Waals surface area contributed by atoms with Gasteiger partial charge in [0.1, 0.15) is 6.29 Å². The van der Waals surface area contributed by atoms with Gasteiger partial charge in [-0.1, -0.05) is 12.1 Å². The molecule has 0 aliphatic carbocycles. The lowest BCUT2D eigenvalue weighted by Gasteiger charge is -2.18. The first-order valence-electron chi connectivity index (χ1n) is 4.52. The third-order valence-corrected chi connectivity index (χ3v) is 2.01. The molecule has 0 saturated carbocycles. The van der Waals surface area contributed by atoms with Crippen molar-refractivity contribution >= 4 is 17.9 Å². The van der Waals surface area contributed by atoms with E-state index in [1.54, 1.807) is 23.1 Å². The van der Waals surface area contributed by atoms with E-state index in [-0.39, 0.29) is 5.91 Å². The summed E-state index contributed by atoms with van der Waals surface area (Å²) in [5.41, 5.74) is 1.35. The number of anilines is 1. The van der Waals surface area contributed by atoms with Crippen molar-refractivity contribution in [2.45, 2.75) is 13.8 Å². The molecule has 0 aliphatic rings. The van der Waals surface area contributed by atoms with Gasteiger partial charge in [-0.3, -0.25) is 9.59 Å². The highest BCUT2D eigenvalue weighted by atomic mass is 16.2. The van der Waals surface area contributed by atoms with Crippen molar-refractivity contribution in [3.63, 3.8) is 0 Å². The molecule has 1 rings (SSSR count). The molecular weight excluding hydrogens is 178 g/mol. The molecule has 74 valence electrons. The van der Waals surface area contributed by atoms with Crippen molar-refractivity contribution in [2.75, 3.05) is 11.4 Å². The highest BCUT2D eigenvalue weighted by molar-refractivity contribution is 5.92. The van der Waals surface area contributed by atoms with E-state index in [0.717, 1.165) is 12.0 Å². The van der Waals surface area contributed by atoms with Crippen molar-refractivity contribution in [1.29, 1.82) is 0 Å². The molecule has 1 amide bonds. The molecule has 0 radical (unpaired) electrons. The first-order chi connectivity index (χ1) is 6.69. The number of hydrogen-bond acceptors (Lipinski definition) is 2. The molecule has 0 bridgehead atoms. The van der Waals surface area contributed by atoms with Crippen LogP contribution in [0.2, 0.25) is 0 Å². The Hall–Kier alpha value is -1.64. The average Bonchev–Trinajstić information content (AvgIpc) is 2.19. The van der Waals surface area contributed by atoms with Crippen LogP contribution < -0.4 is 4.90 Å². The minimum absolute atomic E-state index is 0.0180. The molecule has 1 aromatic carbocycles. The summed E-state index contributed by atoms with van der Waals surface area (Å²) in [5.74, 6) is -0.0180. The standard InChI is InChI=1S/C11H13NO2/c1-3-12(9(2)14)11-6-4-5-10(7-11)8-13/h4-8H,3H2,1-2H3. The molecule has 1 aromatic rings. The molecule has 3 heteroatoms. The van der Waals surface area contributed by atoms with Crippen molar-refractivity contribution in [2.24, 2.45) is 0 Å². The second-order valence-electron chi connectivity index (χ2n) is 2.98. The van der Waals surface area contributed by atoms with E-state index in [1.165, 1.54) is 6.92 Å². The Morgan fingerprint density at radius 3 is 2.71 bits per heavy atom. The zero-order valence-electron chi connectivity index (χ0n) is 8.36. The zero-order valence-corrected chi connectivity index (χ0v) is 8.36. The second kappa shape index (κ2) is 4.56. The van der Waals surface area contributed by atoms with Crippen LogP contribution in [0.3, 0.4) is 0 Å². The average molecular weight is 191 g/mol. The van der Waals surface area contributed by atoms with Crippen LogP contribution in [0, 0.1) is 0 Å². The van der Waals surface area contributed by atoms with Crippen LogP contribution in [-0.2, 0) is 4.79 Å². The summed E-state index contributed by atoms with van der Waals surface area (Å²) >= 11 is 0. The normalized spacial score (nSPS) is 9.57. The lowest BCUT2D eigenvalue weighted by atomic mass is 10.2. The van der Waals surface area contributed by atoms with Gasteiger partial charge in [0.05, 0.1) is 0 Å². The van der Waals surface area contributed by atoms with Crippen molar-refractivity contribution in [3.05, 3.63) is 29.8 Å². The van der Waals surface area contributed by atoms with E-state index >= 15 is 0 Å². The third-order valence-electron chi connectivity index (χ3n) is 2.01. The second-order valence-corrected chi connectivity index (χ2v) is 2.98. The fraction of sp³-hybridized carbons (Fsp3) is 0.273. The maximum Gasteiger partial charge on any atom is 0.223 e. The monoisotopic (exact) mass is 191 g/mol. The summed E-state index contributed by atoms with van der Waals surface area (Å²) in [5, 5.41) is 0. The Bertz CT molecular complexity index is 347. The van der Waals surface area contributed by atoms with E-state index in [4.69, 9.17) is 0 Å². The van der Waals surface area contributed by atoms with E-state index in [0.29, 0.717) is 12.1 Å². The largest absolute Gasteiger partial charge is 0.313 e. The van der Waals surface area contributed by atoms with E-state index in [9.17, 15) is 9.59 Å². The Kier molecular flexibility index (Phi) is 3.40. The van der Waals surface area contributed by atoms with E-state index in [1.807, 2.05) is 13.0 Å². The number of benzene rings is 1. The van der Waals surface area contributed by atoms with Crippen molar-refractivity contribution in [3.8, 4) is 0 Å². The van der Waals surface area contributed by atoms with Gasteiger partial charge in [0.25, 0.3) is 0 Å². The SMILES string of the molecule is CCN(C(C)=O)c1cccc(C=O)c1. The maximum absolute atomic E-state index is 11.2. The first kappa shape index (κ1) is 10.4. The molecule has 0 saturated heterocycles. The highest BCUT2D eigenvalue weighted by Crippen LogP contribution is 2.15. The van der Waals surface area contributed by atoms with E-state index < -0.39 is 0 Å². The van der Waals surface area contributed by atoms with Crippen molar-refractivity contribution in [1.82, 2.24) is 0 Å². The minimum atomic E-state index is -0.0180. The summed E-state index contributed by atoms with van der Waals surface area (Å²) < 4.78 is 0. The molecule has 0 unspecified atom stereocenters. The molecule has 0 aromatic heterocycles. The predicted molar refractivity (Wildman–Crippen MR) is 55.5 cm³/mol. The summed E-state index contributed by atoms with van der Waals surface area (Å²) in [4.78, 5) is 23.4. The summed E-state index contributed by atoms with van der Waals surface area (Å²) in [7, 11) is 0. The molecule has 0 atom stereocenters. The Morgan fingerprint density at radius 1 is 1.50 bits per heavy atom. The van der Waals surface area contributed by atoms with Gasteiger partial charge < -0.3 is 4.90 Å². The summed E-state index contributed by atoms with van der Waals surface area (Å²) in [6.07, 6.45) is 0.775. The quantitative estimate of drug-likeness (QED) is 0.684. The van der Waals surface area contributed by atoms with Crippen LogP contribution in [0.4, 0.5) is 5.69 Å². The van der Waals surface area contributed by atoms with Gasteiger partial charge in [-0.05, 0) is 19.1 Å². The molecule has 0 heterocycles. The number of amides is 1. The van der Waals surface area contributed by atoms with Crippen molar-refractivity contribution < 1.29 is 9.59 Å². The minimum Gasteiger partial charge on any atom is -0.313 e. The smallest absolute Gasteiger partial charge is 0.223 e. The summed E-state index contributed by atoms with van der Waals surface area (Å²) in [6.45, 7) is 4.02. The molecular formula is C11H13NO2. The number of hydrogen-bond donors (Lipinski definition) is 0. The fourth-order valence-corrected chi connectivity index (χ4v) is 1.35. The number of rotatable bonds is 3.